The minimum atomic E-state index is 0.287. The van der Waals surface area contributed by atoms with E-state index >= 15 is 0 Å². The Balaban J connectivity index is 1.89. The van der Waals surface area contributed by atoms with Crippen LogP contribution in [0, 0.1) is 11.3 Å². The van der Waals surface area contributed by atoms with E-state index in [-0.39, 0.29) is 6.42 Å². The highest BCUT2D eigenvalue weighted by Crippen LogP contribution is 2.15. The van der Waals surface area contributed by atoms with Crippen LogP contribution in [0.4, 0.5) is 0 Å². The molecule has 19 heavy (non-hydrogen) atoms. The molecule has 3 aromatic rings. The number of fused-ring (bicyclic) bond motifs is 1. The number of nitrogens with zero attached hydrogens (tertiary/aromatic N) is 4. The van der Waals surface area contributed by atoms with Gasteiger partial charge in [-0.3, -0.25) is 4.40 Å². The predicted octanol–water partition coefficient (Wildman–Crippen LogP) is 2.64. The number of rotatable bonds is 4. The summed E-state index contributed by atoms with van der Waals surface area (Å²) in [6.07, 6.45) is 4.14. The fourth-order valence-electron chi connectivity index (χ4n) is 2.12. The highest BCUT2D eigenvalue weighted by atomic mass is 32.1. The molecule has 3 rings (SSSR count). The minimum absolute atomic E-state index is 0.287. The van der Waals surface area contributed by atoms with Gasteiger partial charge in [0, 0.05) is 6.20 Å². The lowest BCUT2D eigenvalue weighted by molar-refractivity contribution is 0.943. The van der Waals surface area contributed by atoms with Gasteiger partial charge in [-0.05, 0) is 46.9 Å². The van der Waals surface area contributed by atoms with Crippen LogP contribution in [0.2, 0.25) is 0 Å². The van der Waals surface area contributed by atoms with E-state index in [9.17, 15) is 0 Å². The van der Waals surface area contributed by atoms with Gasteiger partial charge in [0.15, 0.2) is 11.5 Å². The summed E-state index contributed by atoms with van der Waals surface area (Å²) < 4.78 is 1.91. The average molecular weight is 268 g/mol. The molecular formula is C14H12N4S. The molecule has 3 aromatic heterocycles. The lowest BCUT2D eigenvalue weighted by Gasteiger charge is -2.02. The quantitative estimate of drug-likeness (QED) is 0.731. The van der Waals surface area contributed by atoms with Gasteiger partial charge < -0.3 is 0 Å². The van der Waals surface area contributed by atoms with Crippen molar-refractivity contribution in [2.45, 2.75) is 19.3 Å². The Labute approximate surface area is 115 Å². The standard InChI is InChI=1S/C14H12N4S/c15-7-5-13-16-17-14-12(2-1-8-18(13)14)4-3-11-6-9-19-10-11/h1-2,6,8-10H,3-5H2. The molecule has 0 spiro atoms. The van der Waals surface area contributed by atoms with Crippen LogP contribution in [0.1, 0.15) is 17.0 Å². The van der Waals surface area contributed by atoms with Gasteiger partial charge in [0.2, 0.25) is 0 Å². The summed E-state index contributed by atoms with van der Waals surface area (Å²) in [5, 5.41) is 21.3. The third-order valence-electron chi connectivity index (χ3n) is 3.09. The van der Waals surface area contributed by atoms with Crippen molar-refractivity contribution in [2.24, 2.45) is 0 Å². The van der Waals surface area contributed by atoms with Gasteiger partial charge in [0.05, 0.1) is 12.5 Å². The molecule has 0 N–H and O–H groups in total. The Morgan fingerprint density at radius 3 is 3.00 bits per heavy atom. The lowest BCUT2D eigenvalue weighted by atomic mass is 10.1. The van der Waals surface area contributed by atoms with Crippen LogP contribution in [0.15, 0.2) is 35.2 Å². The van der Waals surface area contributed by atoms with Crippen molar-refractivity contribution in [1.29, 1.82) is 5.26 Å². The molecule has 0 amide bonds. The van der Waals surface area contributed by atoms with Crippen molar-refractivity contribution in [2.75, 3.05) is 0 Å². The first-order valence-electron chi connectivity index (χ1n) is 6.08. The SMILES string of the molecule is N#CCc1nnc2c(CCc3ccsc3)cccn12. The zero-order chi connectivity index (χ0) is 13.1. The summed E-state index contributed by atoms with van der Waals surface area (Å²) in [6.45, 7) is 0. The Hall–Kier alpha value is -2.19. The molecule has 0 atom stereocenters. The fourth-order valence-corrected chi connectivity index (χ4v) is 2.82. The van der Waals surface area contributed by atoms with E-state index in [1.165, 1.54) is 11.1 Å². The number of thiophene rings is 1. The van der Waals surface area contributed by atoms with Crippen molar-refractivity contribution >= 4 is 17.0 Å². The molecule has 0 aromatic carbocycles. The van der Waals surface area contributed by atoms with E-state index in [4.69, 9.17) is 5.26 Å². The van der Waals surface area contributed by atoms with E-state index < -0.39 is 0 Å². The van der Waals surface area contributed by atoms with Gasteiger partial charge >= 0.3 is 0 Å². The second-order valence-corrected chi connectivity index (χ2v) is 5.09. The largest absolute Gasteiger partial charge is 0.285 e. The molecule has 94 valence electrons. The molecule has 0 saturated carbocycles. The highest BCUT2D eigenvalue weighted by Gasteiger charge is 2.08. The van der Waals surface area contributed by atoms with Crippen LogP contribution in [-0.2, 0) is 19.3 Å². The molecule has 0 aliphatic rings. The molecule has 4 nitrogen and oxygen atoms in total. The smallest absolute Gasteiger partial charge is 0.164 e. The van der Waals surface area contributed by atoms with E-state index in [1.54, 1.807) is 11.3 Å². The third kappa shape index (κ3) is 2.35. The van der Waals surface area contributed by atoms with Gasteiger partial charge in [-0.15, -0.1) is 10.2 Å². The maximum Gasteiger partial charge on any atom is 0.164 e. The zero-order valence-electron chi connectivity index (χ0n) is 10.3. The second kappa shape index (κ2) is 5.21. The number of pyridine rings is 1. The summed E-state index contributed by atoms with van der Waals surface area (Å²) in [5.41, 5.74) is 3.39. The van der Waals surface area contributed by atoms with Crippen LogP contribution in [-0.4, -0.2) is 14.6 Å². The summed E-state index contributed by atoms with van der Waals surface area (Å²) in [6, 6.07) is 8.32. The van der Waals surface area contributed by atoms with Gasteiger partial charge in [-0.2, -0.15) is 16.6 Å². The molecule has 0 saturated heterocycles. The number of aromatic nitrogens is 3. The number of hydrogen-bond acceptors (Lipinski definition) is 4. The van der Waals surface area contributed by atoms with E-state index in [1.807, 2.05) is 16.7 Å². The zero-order valence-corrected chi connectivity index (χ0v) is 11.1. The Kier molecular flexibility index (Phi) is 3.25. The minimum Gasteiger partial charge on any atom is -0.285 e. The normalized spacial score (nSPS) is 10.7. The molecule has 0 aliphatic heterocycles. The fraction of sp³-hybridized carbons (Fsp3) is 0.214. The molecule has 0 aliphatic carbocycles. The first-order valence-corrected chi connectivity index (χ1v) is 7.02. The number of hydrogen-bond donors (Lipinski definition) is 0. The van der Waals surface area contributed by atoms with E-state index in [0.717, 1.165) is 18.5 Å². The predicted molar refractivity (Wildman–Crippen MR) is 74.0 cm³/mol. The molecular weight excluding hydrogens is 256 g/mol. The maximum atomic E-state index is 8.77. The van der Waals surface area contributed by atoms with E-state index in [2.05, 4.69) is 39.2 Å². The van der Waals surface area contributed by atoms with Crippen LogP contribution in [0.3, 0.4) is 0 Å². The summed E-state index contributed by atoms with van der Waals surface area (Å²) in [4.78, 5) is 0. The Bertz CT molecular complexity index is 722. The highest BCUT2D eigenvalue weighted by molar-refractivity contribution is 7.07. The van der Waals surface area contributed by atoms with Crippen molar-refractivity contribution in [3.63, 3.8) is 0 Å². The number of aryl methyl sites for hydroxylation is 2. The summed E-state index contributed by atoms with van der Waals surface area (Å²) in [5.74, 6) is 0.704. The molecule has 0 fully saturated rings. The van der Waals surface area contributed by atoms with Gasteiger partial charge in [0.25, 0.3) is 0 Å². The monoisotopic (exact) mass is 268 g/mol. The first kappa shape index (κ1) is 11.9. The van der Waals surface area contributed by atoms with Crippen LogP contribution >= 0.6 is 11.3 Å². The van der Waals surface area contributed by atoms with Crippen LogP contribution in [0.25, 0.3) is 5.65 Å². The molecule has 5 heteroatoms. The Morgan fingerprint density at radius 1 is 1.26 bits per heavy atom. The second-order valence-electron chi connectivity index (χ2n) is 4.31. The lowest BCUT2D eigenvalue weighted by Crippen LogP contribution is -1.97. The van der Waals surface area contributed by atoms with Crippen molar-refractivity contribution in [3.8, 4) is 6.07 Å². The summed E-state index contributed by atoms with van der Waals surface area (Å²) >= 11 is 1.72. The van der Waals surface area contributed by atoms with Crippen molar-refractivity contribution < 1.29 is 0 Å². The average Bonchev–Trinajstić information content (AvgIpc) is 3.07. The summed E-state index contributed by atoms with van der Waals surface area (Å²) in [7, 11) is 0. The molecule has 3 heterocycles. The van der Waals surface area contributed by atoms with E-state index in [0.29, 0.717) is 5.82 Å². The molecule has 0 radical (unpaired) electrons. The van der Waals surface area contributed by atoms with Gasteiger partial charge in [0.1, 0.15) is 0 Å². The third-order valence-corrected chi connectivity index (χ3v) is 3.82. The molecule has 0 unspecified atom stereocenters. The van der Waals surface area contributed by atoms with Crippen LogP contribution in [0.5, 0.6) is 0 Å². The van der Waals surface area contributed by atoms with Crippen LogP contribution < -0.4 is 0 Å². The topological polar surface area (TPSA) is 54.0 Å². The Morgan fingerprint density at radius 2 is 2.21 bits per heavy atom. The van der Waals surface area contributed by atoms with Crippen molar-refractivity contribution in [1.82, 2.24) is 14.6 Å². The van der Waals surface area contributed by atoms with Gasteiger partial charge in [-0.25, -0.2) is 0 Å². The van der Waals surface area contributed by atoms with Crippen molar-refractivity contribution in [3.05, 3.63) is 52.1 Å². The molecule has 0 bridgehead atoms. The maximum absolute atomic E-state index is 8.77. The van der Waals surface area contributed by atoms with Gasteiger partial charge in [-0.1, -0.05) is 6.07 Å². The first-order chi connectivity index (χ1) is 9.38. The number of nitriles is 1.